The van der Waals surface area contributed by atoms with E-state index in [0.717, 1.165) is 9.37 Å². The van der Waals surface area contributed by atoms with Crippen LogP contribution >= 0.6 is 27.7 Å². The molecular weight excluding hydrogens is 316 g/mol. The Labute approximate surface area is 118 Å². The number of halogens is 1. The average Bonchev–Trinajstić information content (AvgIpc) is 2.81. The number of benzene rings is 1. The maximum absolute atomic E-state index is 5.20. The van der Waals surface area contributed by atoms with Gasteiger partial charge >= 0.3 is 0 Å². The van der Waals surface area contributed by atoms with Gasteiger partial charge in [-0.15, -0.1) is 11.8 Å². The molecule has 2 rings (SSSR count). The number of ether oxygens (including phenoxy) is 1. The summed E-state index contributed by atoms with van der Waals surface area (Å²) >= 11 is 5.09. The second-order valence-electron chi connectivity index (χ2n) is 3.70. The Balaban J connectivity index is 2.02. The Morgan fingerprint density at radius 1 is 1.39 bits per heavy atom. The molecule has 0 aliphatic carbocycles. The molecule has 96 valence electrons. The Morgan fingerprint density at radius 3 is 2.78 bits per heavy atom. The van der Waals surface area contributed by atoms with Gasteiger partial charge in [0.05, 0.1) is 5.25 Å². The number of hydrogen-bond acceptors (Lipinski definition) is 5. The van der Waals surface area contributed by atoms with Crippen LogP contribution in [-0.2, 0) is 11.3 Å². The average molecular weight is 329 g/mol. The Hall–Kier alpha value is -0.850. The summed E-state index contributed by atoms with van der Waals surface area (Å²) in [6.07, 6.45) is 0. The normalized spacial score (nSPS) is 12.6. The topological polar surface area (TPSA) is 48.2 Å². The highest BCUT2D eigenvalue weighted by Crippen LogP contribution is 2.34. The Morgan fingerprint density at radius 2 is 2.11 bits per heavy atom. The summed E-state index contributed by atoms with van der Waals surface area (Å²) in [7, 11) is 1.61. The van der Waals surface area contributed by atoms with Crippen molar-refractivity contribution in [3.63, 3.8) is 0 Å². The van der Waals surface area contributed by atoms with Crippen molar-refractivity contribution in [2.24, 2.45) is 0 Å². The minimum Gasteiger partial charge on any atom is -0.377 e. The van der Waals surface area contributed by atoms with Gasteiger partial charge in [0.15, 0.2) is 5.82 Å². The van der Waals surface area contributed by atoms with Gasteiger partial charge in [-0.2, -0.15) is 4.98 Å². The lowest BCUT2D eigenvalue weighted by Crippen LogP contribution is -1.92. The van der Waals surface area contributed by atoms with Crippen molar-refractivity contribution in [3.05, 3.63) is 40.5 Å². The van der Waals surface area contributed by atoms with Crippen molar-refractivity contribution in [1.82, 2.24) is 10.1 Å². The van der Waals surface area contributed by atoms with Crippen LogP contribution < -0.4 is 0 Å². The fourth-order valence-corrected chi connectivity index (χ4v) is 2.55. The molecule has 0 aliphatic heterocycles. The molecule has 1 aromatic carbocycles. The van der Waals surface area contributed by atoms with Crippen molar-refractivity contribution >= 4 is 27.7 Å². The maximum Gasteiger partial charge on any atom is 0.239 e. The van der Waals surface area contributed by atoms with E-state index in [-0.39, 0.29) is 5.25 Å². The molecule has 4 nitrogen and oxygen atoms in total. The molecule has 18 heavy (non-hydrogen) atoms. The van der Waals surface area contributed by atoms with Gasteiger partial charge in [0.25, 0.3) is 0 Å². The minimum absolute atomic E-state index is 0.115. The molecule has 2 aromatic rings. The van der Waals surface area contributed by atoms with Gasteiger partial charge in [-0.1, -0.05) is 21.1 Å². The van der Waals surface area contributed by atoms with E-state index in [0.29, 0.717) is 18.3 Å². The van der Waals surface area contributed by atoms with Crippen LogP contribution in [0, 0.1) is 0 Å². The van der Waals surface area contributed by atoms with Crippen LogP contribution in [0.5, 0.6) is 0 Å². The van der Waals surface area contributed by atoms with Crippen molar-refractivity contribution < 1.29 is 9.26 Å². The molecule has 1 aromatic heterocycles. The van der Waals surface area contributed by atoms with E-state index in [2.05, 4.69) is 38.2 Å². The number of methoxy groups -OCH3 is 1. The van der Waals surface area contributed by atoms with E-state index in [4.69, 9.17) is 9.26 Å². The standard InChI is InChI=1S/C12H13BrN2O2S/c1-8(12-14-11(7-16-2)15-17-12)18-10-5-3-9(13)4-6-10/h3-6,8H,7H2,1-2H3/t8-/m1/s1. The first-order valence-electron chi connectivity index (χ1n) is 5.42. The van der Waals surface area contributed by atoms with E-state index in [1.165, 1.54) is 0 Å². The van der Waals surface area contributed by atoms with Crippen LogP contribution in [0.1, 0.15) is 23.9 Å². The van der Waals surface area contributed by atoms with Crippen LogP contribution in [0.3, 0.4) is 0 Å². The summed E-state index contributed by atoms with van der Waals surface area (Å²) in [6, 6.07) is 8.13. The Bertz CT molecular complexity index is 501. The zero-order valence-corrected chi connectivity index (χ0v) is 12.5. The molecule has 0 bridgehead atoms. The van der Waals surface area contributed by atoms with Gasteiger partial charge in [-0.3, -0.25) is 0 Å². The first-order chi connectivity index (χ1) is 8.69. The molecule has 0 fully saturated rings. The summed E-state index contributed by atoms with van der Waals surface area (Å²) in [5.74, 6) is 1.20. The molecule has 0 unspecified atom stereocenters. The molecule has 0 aliphatic rings. The molecule has 0 N–H and O–H groups in total. The molecule has 0 amide bonds. The molecule has 6 heteroatoms. The molecule has 1 atom stereocenters. The summed E-state index contributed by atoms with van der Waals surface area (Å²) in [5.41, 5.74) is 0. The molecule has 0 saturated heterocycles. The lowest BCUT2D eigenvalue weighted by Gasteiger charge is -2.05. The van der Waals surface area contributed by atoms with Crippen LogP contribution in [0.2, 0.25) is 0 Å². The Kier molecular flexibility index (Phi) is 4.79. The van der Waals surface area contributed by atoms with Crippen molar-refractivity contribution in [3.8, 4) is 0 Å². The number of aromatic nitrogens is 2. The van der Waals surface area contributed by atoms with E-state index in [9.17, 15) is 0 Å². The fraction of sp³-hybridized carbons (Fsp3) is 0.333. The monoisotopic (exact) mass is 328 g/mol. The summed E-state index contributed by atoms with van der Waals surface area (Å²) < 4.78 is 11.2. The second-order valence-corrected chi connectivity index (χ2v) is 6.03. The maximum atomic E-state index is 5.20. The van der Waals surface area contributed by atoms with Crippen molar-refractivity contribution in [2.75, 3.05) is 7.11 Å². The van der Waals surface area contributed by atoms with Crippen LogP contribution in [0.25, 0.3) is 0 Å². The van der Waals surface area contributed by atoms with Gasteiger partial charge < -0.3 is 9.26 Å². The van der Waals surface area contributed by atoms with E-state index in [1.807, 2.05) is 19.1 Å². The smallest absolute Gasteiger partial charge is 0.239 e. The first-order valence-corrected chi connectivity index (χ1v) is 7.10. The number of hydrogen-bond donors (Lipinski definition) is 0. The highest BCUT2D eigenvalue weighted by Gasteiger charge is 2.15. The van der Waals surface area contributed by atoms with Crippen molar-refractivity contribution in [2.45, 2.75) is 23.7 Å². The lowest BCUT2D eigenvalue weighted by molar-refractivity contribution is 0.174. The van der Waals surface area contributed by atoms with E-state index in [1.54, 1.807) is 18.9 Å². The predicted octanol–water partition coefficient (Wildman–Crippen LogP) is 3.83. The van der Waals surface area contributed by atoms with Crippen LogP contribution in [0.4, 0.5) is 0 Å². The third-order valence-electron chi connectivity index (χ3n) is 2.23. The summed E-state index contributed by atoms with van der Waals surface area (Å²) in [5, 5.41) is 3.97. The third kappa shape index (κ3) is 3.57. The SMILES string of the molecule is COCc1noc([C@@H](C)Sc2ccc(Br)cc2)n1. The fourth-order valence-electron chi connectivity index (χ4n) is 1.39. The van der Waals surface area contributed by atoms with Crippen LogP contribution in [0.15, 0.2) is 38.2 Å². The van der Waals surface area contributed by atoms with Gasteiger partial charge in [0.1, 0.15) is 6.61 Å². The van der Waals surface area contributed by atoms with Gasteiger partial charge in [0, 0.05) is 16.5 Å². The number of thioether (sulfide) groups is 1. The highest BCUT2D eigenvalue weighted by atomic mass is 79.9. The largest absolute Gasteiger partial charge is 0.377 e. The molecular formula is C12H13BrN2O2S. The molecule has 0 radical (unpaired) electrons. The molecule has 1 heterocycles. The quantitative estimate of drug-likeness (QED) is 0.780. The van der Waals surface area contributed by atoms with Gasteiger partial charge in [-0.25, -0.2) is 0 Å². The summed E-state index contributed by atoms with van der Waals surface area (Å²) in [6.45, 7) is 2.41. The van der Waals surface area contributed by atoms with Gasteiger partial charge in [-0.05, 0) is 31.2 Å². The zero-order valence-electron chi connectivity index (χ0n) is 10.1. The molecule has 0 spiro atoms. The van der Waals surface area contributed by atoms with E-state index < -0.39 is 0 Å². The number of nitrogens with zero attached hydrogens (tertiary/aromatic N) is 2. The predicted molar refractivity (Wildman–Crippen MR) is 73.4 cm³/mol. The number of rotatable bonds is 5. The highest BCUT2D eigenvalue weighted by molar-refractivity contribution is 9.10. The zero-order chi connectivity index (χ0) is 13.0. The van der Waals surface area contributed by atoms with Gasteiger partial charge in [0.2, 0.25) is 5.89 Å². The second kappa shape index (κ2) is 6.36. The first kappa shape index (κ1) is 13.6. The lowest BCUT2D eigenvalue weighted by atomic mass is 10.4. The minimum atomic E-state index is 0.115. The summed E-state index contributed by atoms with van der Waals surface area (Å²) in [4.78, 5) is 5.44. The van der Waals surface area contributed by atoms with Crippen molar-refractivity contribution in [1.29, 1.82) is 0 Å². The third-order valence-corrected chi connectivity index (χ3v) is 3.86. The van der Waals surface area contributed by atoms with Crippen LogP contribution in [-0.4, -0.2) is 17.3 Å². The van der Waals surface area contributed by atoms with E-state index >= 15 is 0 Å². The molecule has 0 saturated carbocycles.